The van der Waals surface area contributed by atoms with E-state index >= 15 is 0 Å². The zero-order valence-electron chi connectivity index (χ0n) is 12.9. The summed E-state index contributed by atoms with van der Waals surface area (Å²) in [6.07, 6.45) is 9.83. The van der Waals surface area contributed by atoms with Crippen LogP contribution in [0.15, 0.2) is 41.2 Å². The largest absolute Gasteiger partial charge is 0.123 e. The summed E-state index contributed by atoms with van der Waals surface area (Å²) in [5.74, 6) is 0. The Morgan fingerprint density at radius 1 is 1.18 bits per heavy atom. The van der Waals surface area contributed by atoms with Gasteiger partial charge < -0.3 is 0 Å². The van der Waals surface area contributed by atoms with Gasteiger partial charge in [0, 0.05) is 14.8 Å². The first kappa shape index (κ1) is 16.0. The number of halogens is 1. The van der Waals surface area contributed by atoms with E-state index in [9.17, 15) is 0 Å². The molecular weight excluding hydrogens is 328 g/mol. The maximum absolute atomic E-state index is 6.62. The Balaban J connectivity index is 2.23. The van der Waals surface area contributed by atoms with E-state index in [4.69, 9.17) is 11.6 Å². The highest BCUT2D eigenvalue weighted by molar-refractivity contribution is 8.21. The molecule has 0 N–H and O–H groups in total. The molecule has 0 saturated heterocycles. The molecule has 2 aromatic carbocycles. The van der Waals surface area contributed by atoms with Crippen molar-refractivity contribution in [3.05, 3.63) is 62.9 Å². The molecule has 0 bridgehead atoms. The molecule has 0 saturated carbocycles. The van der Waals surface area contributed by atoms with E-state index in [1.165, 1.54) is 32.6 Å². The maximum Gasteiger partial charge on any atom is 0.0493 e. The molecule has 0 unspecified atom stereocenters. The lowest BCUT2D eigenvalue weighted by molar-refractivity contribution is 0.808. The Labute approximate surface area is 146 Å². The van der Waals surface area contributed by atoms with E-state index in [-0.39, 0.29) is 0 Å². The Kier molecular flexibility index (Phi) is 4.91. The molecule has 3 heteroatoms. The van der Waals surface area contributed by atoms with E-state index in [0.717, 1.165) is 29.0 Å². The van der Waals surface area contributed by atoms with Crippen molar-refractivity contribution in [1.29, 1.82) is 0 Å². The standard InChI is InChI=1S/C19H19ClS2/c1-12(10-17(21-2)22-3)18-15-9-5-7-13-6-4-8-14(19(13)15)11-16(18)20/h5,7,9-11H,1,4,6,8H2,2-3H3. The molecule has 1 aliphatic rings. The molecule has 0 aromatic heterocycles. The second kappa shape index (κ2) is 6.74. The summed E-state index contributed by atoms with van der Waals surface area (Å²) in [7, 11) is 0. The van der Waals surface area contributed by atoms with Crippen LogP contribution in [0.2, 0.25) is 5.02 Å². The summed E-state index contributed by atoms with van der Waals surface area (Å²) in [4.78, 5) is 0. The summed E-state index contributed by atoms with van der Waals surface area (Å²) in [5, 5.41) is 3.48. The average molecular weight is 347 g/mol. The Bertz CT molecular complexity index is 769. The molecule has 1 aliphatic carbocycles. The first-order valence-electron chi connectivity index (χ1n) is 7.37. The van der Waals surface area contributed by atoms with Gasteiger partial charge in [0.15, 0.2) is 0 Å². The smallest absolute Gasteiger partial charge is 0.0493 e. The zero-order valence-corrected chi connectivity index (χ0v) is 15.3. The van der Waals surface area contributed by atoms with Crippen molar-refractivity contribution in [3.8, 4) is 0 Å². The molecule has 114 valence electrons. The van der Waals surface area contributed by atoms with Crippen LogP contribution in [-0.2, 0) is 12.8 Å². The van der Waals surface area contributed by atoms with Crippen LogP contribution in [0, 0.1) is 0 Å². The van der Waals surface area contributed by atoms with Crippen LogP contribution in [0.4, 0.5) is 0 Å². The predicted molar refractivity (Wildman–Crippen MR) is 105 cm³/mol. The minimum Gasteiger partial charge on any atom is -0.123 e. The van der Waals surface area contributed by atoms with Crippen molar-refractivity contribution < 1.29 is 0 Å². The van der Waals surface area contributed by atoms with Gasteiger partial charge >= 0.3 is 0 Å². The monoisotopic (exact) mass is 346 g/mol. The number of hydrogen-bond donors (Lipinski definition) is 0. The van der Waals surface area contributed by atoms with Crippen LogP contribution in [-0.4, -0.2) is 12.5 Å². The second-order valence-electron chi connectivity index (χ2n) is 5.48. The lowest BCUT2D eigenvalue weighted by atomic mass is 9.85. The van der Waals surface area contributed by atoms with Gasteiger partial charge in [-0.25, -0.2) is 0 Å². The van der Waals surface area contributed by atoms with Gasteiger partial charge in [0.05, 0.1) is 0 Å². The van der Waals surface area contributed by atoms with Crippen LogP contribution in [0.1, 0.15) is 23.1 Å². The van der Waals surface area contributed by atoms with Crippen molar-refractivity contribution in [2.75, 3.05) is 12.5 Å². The topological polar surface area (TPSA) is 0 Å². The molecule has 0 heterocycles. The molecule has 22 heavy (non-hydrogen) atoms. The lowest BCUT2D eigenvalue weighted by Crippen LogP contribution is -2.03. The summed E-state index contributed by atoms with van der Waals surface area (Å²) in [6.45, 7) is 4.29. The van der Waals surface area contributed by atoms with E-state index in [1.807, 2.05) is 0 Å². The first-order chi connectivity index (χ1) is 10.7. The third-order valence-electron chi connectivity index (χ3n) is 4.19. The predicted octanol–water partition coefficient (Wildman–Crippen LogP) is 6.56. The number of rotatable bonds is 4. The first-order valence-corrected chi connectivity index (χ1v) is 10.2. The van der Waals surface area contributed by atoms with Gasteiger partial charge in [-0.15, -0.1) is 23.5 Å². The van der Waals surface area contributed by atoms with Crippen LogP contribution in [0.25, 0.3) is 16.3 Å². The minimum absolute atomic E-state index is 0.823. The Morgan fingerprint density at radius 2 is 1.91 bits per heavy atom. The Hall–Kier alpha value is -0.830. The van der Waals surface area contributed by atoms with E-state index in [1.54, 1.807) is 23.5 Å². The SMILES string of the molecule is C=C(C=C(SC)SC)c1c(Cl)cc2c3c(cccc13)CCC2. The molecule has 0 aliphatic heterocycles. The minimum atomic E-state index is 0.823. The molecule has 0 amide bonds. The zero-order chi connectivity index (χ0) is 15.7. The van der Waals surface area contributed by atoms with Crippen molar-refractivity contribution in [3.63, 3.8) is 0 Å². The second-order valence-corrected chi connectivity index (χ2v) is 7.84. The van der Waals surface area contributed by atoms with Gasteiger partial charge in [0.25, 0.3) is 0 Å². The highest BCUT2D eigenvalue weighted by Gasteiger charge is 2.18. The fraction of sp³-hybridized carbons (Fsp3) is 0.263. The number of benzene rings is 2. The van der Waals surface area contributed by atoms with Crippen molar-refractivity contribution in [2.24, 2.45) is 0 Å². The molecule has 0 radical (unpaired) electrons. The van der Waals surface area contributed by atoms with Gasteiger partial charge in [-0.05, 0) is 71.4 Å². The van der Waals surface area contributed by atoms with Gasteiger partial charge in [-0.3, -0.25) is 0 Å². The summed E-state index contributed by atoms with van der Waals surface area (Å²) in [6, 6.07) is 8.73. The lowest BCUT2D eigenvalue weighted by Gasteiger charge is -2.20. The third kappa shape index (κ3) is 2.84. The number of hydrogen-bond acceptors (Lipinski definition) is 2. The van der Waals surface area contributed by atoms with E-state index in [0.29, 0.717) is 0 Å². The Morgan fingerprint density at radius 3 is 2.64 bits per heavy atom. The van der Waals surface area contributed by atoms with Gasteiger partial charge in [-0.2, -0.15) is 0 Å². The van der Waals surface area contributed by atoms with E-state index < -0.39 is 0 Å². The van der Waals surface area contributed by atoms with Crippen LogP contribution < -0.4 is 0 Å². The molecule has 0 atom stereocenters. The van der Waals surface area contributed by atoms with Crippen molar-refractivity contribution in [2.45, 2.75) is 19.3 Å². The summed E-state index contributed by atoms with van der Waals surface area (Å²) < 4.78 is 1.25. The molecule has 2 aromatic rings. The average Bonchev–Trinajstić information content (AvgIpc) is 2.52. The maximum atomic E-state index is 6.62. The molecule has 0 nitrogen and oxygen atoms in total. The van der Waals surface area contributed by atoms with E-state index in [2.05, 4.69) is 49.4 Å². The fourth-order valence-electron chi connectivity index (χ4n) is 3.23. The van der Waals surface area contributed by atoms with Crippen molar-refractivity contribution >= 4 is 51.5 Å². The van der Waals surface area contributed by atoms with Gasteiger partial charge in [-0.1, -0.05) is 36.4 Å². The third-order valence-corrected chi connectivity index (χ3v) is 6.53. The highest BCUT2D eigenvalue weighted by atomic mass is 35.5. The fourth-order valence-corrected chi connectivity index (χ4v) is 4.77. The molecule has 0 fully saturated rings. The summed E-state index contributed by atoms with van der Waals surface area (Å²) in [5.41, 5.74) is 4.92. The molecule has 0 spiro atoms. The van der Waals surface area contributed by atoms with Crippen LogP contribution in [0.3, 0.4) is 0 Å². The number of thioether (sulfide) groups is 2. The van der Waals surface area contributed by atoms with Gasteiger partial charge in [0.1, 0.15) is 0 Å². The quantitative estimate of drug-likeness (QED) is 0.575. The normalized spacial score (nSPS) is 13.2. The van der Waals surface area contributed by atoms with Crippen LogP contribution >= 0.6 is 35.1 Å². The van der Waals surface area contributed by atoms with Crippen molar-refractivity contribution in [1.82, 2.24) is 0 Å². The molecule has 3 rings (SSSR count). The molecular formula is C19H19ClS2. The van der Waals surface area contributed by atoms with Crippen LogP contribution in [0.5, 0.6) is 0 Å². The number of aryl methyl sites for hydroxylation is 2. The van der Waals surface area contributed by atoms with Gasteiger partial charge in [0.2, 0.25) is 0 Å². The summed E-state index contributed by atoms with van der Waals surface area (Å²) >= 11 is 10.1. The highest BCUT2D eigenvalue weighted by Crippen LogP contribution is 2.40. The number of allylic oxidation sites excluding steroid dienone is 2.